The van der Waals surface area contributed by atoms with Gasteiger partial charge in [-0.05, 0) is 31.5 Å². The predicted molar refractivity (Wildman–Crippen MR) is 73.9 cm³/mol. The third-order valence-corrected chi connectivity index (χ3v) is 2.97. The van der Waals surface area contributed by atoms with Crippen LogP contribution in [0.15, 0.2) is 18.2 Å². The van der Waals surface area contributed by atoms with Gasteiger partial charge in [-0.3, -0.25) is 4.79 Å². The number of hydrogen-bond donors (Lipinski definition) is 0. The first-order valence-electron chi connectivity index (χ1n) is 6.46. The Morgan fingerprint density at radius 1 is 1.48 bits per heavy atom. The summed E-state index contributed by atoms with van der Waals surface area (Å²) in [6.45, 7) is 3.28. The Morgan fingerprint density at radius 3 is 2.71 bits per heavy atom. The van der Waals surface area contributed by atoms with E-state index in [0.29, 0.717) is 5.56 Å². The molecule has 0 aromatic heterocycles. The molecule has 0 aliphatic heterocycles. The number of hydrogen-bond acceptors (Lipinski definition) is 4. The van der Waals surface area contributed by atoms with Crippen LogP contribution in [0.5, 0.6) is 0 Å². The van der Waals surface area contributed by atoms with Crippen molar-refractivity contribution in [1.29, 1.82) is 5.26 Å². The molecule has 6 heteroatoms. The van der Waals surface area contributed by atoms with Gasteiger partial charge in [-0.1, -0.05) is 6.07 Å². The lowest BCUT2D eigenvalue weighted by molar-refractivity contribution is -0.138. The quantitative estimate of drug-likeness (QED) is 0.779. The monoisotopic (exact) mass is 292 g/mol. The van der Waals surface area contributed by atoms with Gasteiger partial charge < -0.3 is 9.64 Å². The van der Waals surface area contributed by atoms with Crippen molar-refractivity contribution in [2.75, 3.05) is 13.6 Å². The lowest BCUT2D eigenvalue weighted by atomic mass is 10.1. The fourth-order valence-corrected chi connectivity index (χ4v) is 1.64. The van der Waals surface area contributed by atoms with Crippen molar-refractivity contribution in [3.05, 3.63) is 35.1 Å². The van der Waals surface area contributed by atoms with Gasteiger partial charge in [0, 0.05) is 13.6 Å². The van der Waals surface area contributed by atoms with Crippen molar-refractivity contribution in [2.24, 2.45) is 0 Å². The van der Waals surface area contributed by atoms with Gasteiger partial charge in [-0.2, -0.15) is 5.26 Å². The smallest absolute Gasteiger partial charge is 0.339 e. The van der Waals surface area contributed by atoms with Crippen molar-refractivity contribution >= 4 is 11.9 Å². The molecular weight excluding hydrogens is 275 g/mol. The number of aryl methyl sites for hydroxylation is 1. The highest BCUT2D eigenvalue weighted by molar-refractivity contribution is 5.92. The summed E-state index contributed by atoms with van der Waals surface area (Å²) < 4.78 is 18.4. The molecule has 1 rings (SSSR count). The number of nitrogens with zero attached hydrogens (tertiary/aromatic N) is 2. The van der Waals surface area contributed by atoms with Crippen LogP contribution in [0.4, 0.5) is 4.39 Å². The number of benzene rings is 1. The summed E-state index contributed by atoms with van der Waals surface area (Å²) >= 11 is 0. The molecule has 0 bridgehead atoms. The van der Waals surface area contributed by atoms with Crippen LogP contribution in [0.1, 0.15) is 29.3 Å². The third kappa shape index (κ3) is 4.56. The van der Waals surface area contributed by atoms with Crippen molar-refractivity contribution in [3.8, 4) is 6.07 Å². The fraction of sp³-hybridized carbons (Fsp3) is 0.400. The number of likely N-dealkylation sites (N-methyl/N-ethyl adjacent to an activating group) is 1. The molecule has 0 spiro atoms. The molecule has 0 unspecified atom stereocenters. The summed E-state index contributed by atoms with van der Waals surface area (Å²) in [4.78, 5) is 25.1. The Labute approximate surface area is 122 Å². The minimum Gasteiger partial charge on any atom is -0.449 e. The van der Waals surface area contributed by atoms with Gasteiger partial charge in [0.2, 0.25) is 0 Å². The van der Waals surface area contributed by atoms with Crippen LogP contribution in [0, 0.1) is 24.1 Å². The van der Waals surface area contributed by atoms with Gasteiger partial charge in [0.1, 0.15) is 5.82 Å². The maximum atomic E-state index is 13.4. The highest BCUT2D eigenvalue weighted by Crippen LogP contribution is 2.11. The second-order valence-electron chi connectivity index (χ2n) is 4.68. The number of amides is 1. The van der Waals surface area contributed by atoms with Gasteiger partial charge in [-0.25, -0.2) is 9.18 Å². The Hall–Kier alpha value is -2.42. The van der Waals surface area contributed by atoms with Gasteiger partial charge in [-0.15, -0.1) is 0 Å². The van der Waals surface area contributed by atoms with Crippen LogP contribution in [-0.4, -0.2) is 36.5 Å². The number of halogens is 1. The van der Waals surface area contributed by atoms with Crippen LogP contribution >= 0.6 is 0 Å². The maximum Gasteiger partial charge on any atom is 0.339 e. The van der Waals surface area contributed by atoms with E-state index in [0.717, 1.165) is 6.07 Å². The normalized spacial score (nSPS) is 11.4. The highest BCUT2D eigenvalue weighted by atomic mass is 19.1. The molecule has 1 amide bonds. The van der Waals surface area contributed by atoms with Crippen LogP contribution < -0.4 is 0 Å². The molecule has 1 atom stereocenters. The Morgan fingerprint density at radius 2 is 2.14 bits per heavy atom. The first kappa shape index (κ1) is 16.6. The number of carbonyl (C=O) groups excluding carboxylic acids is 2. The zero-order chi connectivity index (χ0) is 16.0. The zero-order valence-electron chi connectivity index (χ0n) is 12.2. The minimum atomic E-state index is -0.995. The van der Waals surface area contributed by atoms with E-state index in [1.54, 1.807) is 6.92 Å². The van der Waals surface area contributed by atoms with Crippen molar-refractivity contribution in [3.63, 3.8) is 0 Å². The molecule has 0 heterocycles. The molecule has 1 aromatic carbocycles. The van der Waals surface area contributed by atoms with E-state index in [1.807, 2.05) is 6.07 Å². The van der Waals surface area contributed by atoms with Crippen molar-refractivity contribution < 1.29 is 18.7 Å². The molecule has 0 saturated carbocycles. The van der Waals surface area contributed by atoms with Gasteiger partial charge in [0.05, 0.1) is 18.1 Å². The van der Waals surface area contributed by atoms with Crippen LogP contribution in [0.3, 0.4) is 0 Å². The lowest BCUT2D eigenvalue weighted by Gasteiger charge is -2.20. The van der Waals surface area contributed by atoms with E-state index >= 15 is 0 Å². The number of nitriles is 1. The van der Waals surface area contributed by atoms with E-state index in [1.165, 1.54) is 31.0 Å². The number of esters is 1. The summed E-state index contributed by atoms with van der Waals surface area (Å²) in [5.74, 6) is -1.68. The Kier molecular flexibility index (Phi) is 5.85. The molecule has 0 aliphatic rings. The number of rotatable bonds is 5. The Balaban J connectivity index is 2.67. The minimum absolute atomic E-state index is 0.0532. The summed E-state index contributed by atoms with van der Waals surface area (Å²) in [6, 6.07) is 5.92. The second-order valence-corrected chi connectivity index (χ2v) is 4.68. The highest BCUT2D eigenvalue weighted by Gasteiger charge is 2.22. The topological polar surface area (TPSA) is 70.4 Å². The van der Waals surface area contributed by atoms with Crippen LogP contribution in [0.25, 0.3) is 0 Å². The Bertz CT molecular complexity index is 581. The van der Waals surface area contributed by atoms with Crippen LogP contribution in [0.2, 0.25) is 0 Å². The van der Waals surface area contributed by atoms with E-state index in [-0.39, 0.29) is 18.5 Å². The second kappa shape index (κ2) is 7.39. The van der Waals surface area contributed by atoms with Crippen molar-refractivity contribution in [2.45, 2.75) is 26.4 Å². The average Bonchev–Trinajstić information content (AvgIpc) is 2.46. The largest absolute Gasteiger partial charge is 0.449 e. The van der Waals surface area contributed by atoms with Crippen molar-refractivity contribution in [1.82, 2.24) is 4.90 Å². The summed E-state index contributed by atoms with van der Waals surface area (Å²) in [6.07, 6.45) is -0.794. The molecule has 5 nitrogen and oxygen atoms in total. The molecule has 0 fully saturated rings. The lowest BCUT2D eigenvalue weighted by Crippen LogP contribution is -2.37. The summed E-state index contributed by atoms with van der Waals surface area (Å²) in [5.41, 5.74) is 0.476. The molecule has 0 N–H and O–H groups in total. The first-order chi connectivity index (χ1) is 9.86. The molecule has 0 saturated heterocycles. The maximum absolute atomic E-state index is 13.4. The van der Waals surface area contributed by atoms with E-state index < -0.39 is 23.8 Å². The van der Waals surface area contributed by atoms with Gasteiger partial charge in [0.25, 0.3) is 5.91 Å². The van der Waals surface area contributed by atoms with Gasteiger partial charge >= 0.3 is 5.97 Å². The molecule has 21 heavy (non-hydrogen) atoms. The molecule has 112 valence electrons. The average molecular weight is 292 g/mol. The summed E-state index contributed by atoms with van der Waals surface area (Å²) in [7, 11) is 1.52. The molecule has 0 aliphatic carbocycles. The van der Waals surface area contributed by atoms with E-state index in [9.17, 15) is 14.0 Å². The molecular formula is C15H17FN2O3. The standard InChI is InChI=1S/C15H17FN2O3/c1-10-5-6-12(9-13(10)16)15(20)21-11(2)14(19)18(3)8-4-7-17/h5-6,9,11H,4,8H2,1-3H3/t11-/m0/s1. The first-order valence-corrected chi connectivity index (χ1v) is 6.46. The SMILES string of the molecule is Cc1ccc(C(=O)O[C@@H](C)C(=O)N(C)CCC#N)cc1F. The van der Waals surface area contributed by atoms with Crippen LogP contribution in [-0.2, 0) is 9.53 Å². The molecule has 1 aromatic rings. The zero-order valence-corrected chi connectivity index (χ0v) is 12.2. The van der Waals surface area contributed by atoms with E-state index in [2.05, 4.69) is 0 Å². The van der Waals surface area contributed by atoms with E-state index in [4.69, 9.17) is 10.00 Å². The number of carbonyl (C=O) groups is 2. The fourth-order valence-electron chi connectivity index (χ4n) is 1.64. The molecule has 0 radical (unpaired) electrons. The predicted octanol–water partition coefficient (Wildman–Crippen LogP) is 2.05. The summed E-state index contributed by atoms with van der Waals surface area (Å²) in [5, 5.41) is 8.47. The third-order valence-electron chi connectivity index (χ3n) is 2.97. The number of ether oxygens (including phenoxy) is 1. The van der Waals surface area contributed by atoms with Gasteiger partial charge in [0.15, 0.2) is 6.10 Å².